The number of unbranched alkanes of at least 4 members (excludes halogenated alkanes) is 4. The molecule has 1 saturated heterocycles. The van der Waals surface area contributed by atoms with Crippen molar-refractivity contribution in [3.63, 3.8) is 0 Å². The molecule has 1 aliphatic rings. The first-order chi connectivity index (χ1) is 15.4. The lowest BCUT2D eigenvalue weighted by Crippen LogP contribution is -2.38. The number of hydrogen-bond donors (Lipinski definition) is 1. The van der Waals surface area contributed by atoms with Crippen LogP contribution >= 0.6 is 39.7 Å². The second kappa shape index (κ2) is 11.8. The number of rotatable bonds is 10. The van der Waals surface area contributed by atoms with Crippen LogP contribution in [0, 0.1) is 0 Å². The van der Waals surface area contributed by atoms with Gasteiger partial charge in [0, 0.05) is 21.7 Å². The lowest BCUT2D eigenvalue weighted by Gasteiger charge is -2.24. The van der Waals surface area contributed by atoms with Gasteiger partial charge in [-0.25, -0.2) is 0 Å². The normalized spacial score (nSPS) is 16.0. The van der Waals surface area contributed by atoms with Gasteiger partial charge >= 0.3 is 0 Å². The summed E-state index contributed by atoms with van der Waals surface area (Å²) >= 11 is 15.1. The smallest absolute Gasteiger partial charge is 0.256 e. The molecular formula is C24H27BrClN3O2S. The van der Waals surface area contributed by atoms with E-state index in [0.717, 1.165) is 23.7 Å². The van der Waals surface area contributed by atoms with Crippen molar-refractivity contribution >= 4 is 68.1 Å². The molecule has 170 valence electrons. The highest BCUT2D eigenvalue weighted by Gasteiger charge is 2.43. The molecule has 2 amide bonds. The van der Waals surface area contributed by atoms with Crippen molar-refractivity contribution in [3.05, 3.63) is 58.0 Å². The molecule has 1 N–H and O–H groups in total. The maximum absolute atomic E-state index is 13.4. The van der Waals surface area contributed by atoms with Crippen molar-refractivity contribution in [1.82, 2.24) is 4.90 Å². The molecule has 1 atom stereocenters. The largest absolute Gasteiger partial charge is 0.336 e. The number of halogens is 2. The van der Waals surface area contributed by atoms with E-state index in [1.807, 2.05) is 29.2 Å². The van der Waals surface area contributed by atoms with Gasteiger partial charge in [0.25, 0.3) is 5.91 Å². The van der Waals surface area contributed by atoms with Gasteiger partial charge in [0.1, 0.15) is 6.04 Å². The fourth-order valence-corrected chi connectivity index (χ4v) is 4.53. The second-order valence-corrected chi connectivity index (χ2v) is 9.53. The van der Waals surface area contributed by atoms with Gasteiger partial charge in [-0.3, -0.25) is 14.5 Å². The molecule has 1 aliphatic heterocycles. The van der Waals surface area contributed by atoms with Gasteiger partial charge in [0.15, 0.2) is 5.11 Å². The van der Waals surface area contributed by atoms with Crippen LogP contribution in [0.15, 0.2) is 53.0 Å². The number of nitrogens with one attached hydrogen (secondary N) is 1. The molecule has 32 heavy (non-hydrogen) atoms. The van der Waals surface area contributed by atoms with E-state index in [0.29, 0.717) is 28.1 Å². The van der Waals surface area contributed by atoms with Gasteiger partial charge in [0.2, 0.25) is 5.91 Å². The van der Waals surface area contributed by atoms with Crippen molar-refractivity contribution in [2.24, 2.45) is 0 Å². The zero-order valence-corrected chi connectivity index (χ0v) is 21.2. The number of carbonyl (C=O) groups excluding carboxylic acids is 2. The van der Waals surface area contributed by atoms with Crippen molar-refractivity contribution in [3.8, 4) is 0 Å². The van der Waals surface area contributed by atoms with E-state index < -0.39 is 6.04 Å². The number of nitrogens with zero attached hydrogens (tertiary/aromatic N) is 2. The highest BCUT2D eigenvalue weighted by molar-refractivity contribution is 9.10. The number of benzene rings is 2. The minimum atomic E-state index is -0.625. The van der Waals surface area contributed by atoms with Crippen molar-refractivity contribution in [1.29, 1.82) is 0 Å². The van der Waals surface area contributed by atoms with Gasteiger partial charge < -0.3 is 10.2 Å². The van der Waals surface area contributed by atoms with Gasteiger partial charge in [-0.1, -0.05) is 60.1 Å². The molecule has 8 heteroatoms. The van der Waals surface area contributed by atoms with Crippen LogP contribution in [0.5, 0.6) is 0 Å². The van der Waals surface area contributed by atoms with E-state index in [1.165, 1.54) is 17.7 Å². The van der Waals surface area contributed by atoms with Gasteiger partial charge in [-0.05, 0) is 67.2 Å². The quantitative estimate of drug-likeness (QED) is 0.282. The Hall–Kier alpha value is -1.96. The van der Waals surface area contributed by atoms with Crippen molar-refractivity contribution in [2.45, 2.75) is 51.5 Å². The van der Waals surface area contributed by atoms with Gasteiger partial charge in [-0.2, -0.15) is 0 Å². The zero-order chi connectivity index (χ0) is 23.1. The van der Waals surface area contributed by atoms with Crippen LogP contribution in [-0.4, -0.2) is 34.4 Å². The molecule has 0 bridgehead atoms. The Bertz CT molecular complexity index is 953. The number of hydrogen-bond acceptors (Lipinski definition) is 3. The van der Waals surface area contributed by atoms with Crippen LogP contribution in [0.3, 0.4) is 0 Å². The SMILES string of the molecule is CCCCCCCN1C(=S)N(c2ccc(Cl)cc2)C(=O)C1CC(=O)Nc1ccc(Br)cc1. The topological polar surface area (TPSA) is 52.7 Å². The van der Waals surface area contributed by atoms with E-state index in [4.69, 9.17) is 23.8 Å². The summed E-state index contributed by atoms with van der Waals surface area (Å²) in [6.45, 7) is 2.83. The predicted octanol–water partition coefficient (Wildman–Crippen LogP) is 6.40. The summed E-state index contributed by atoms with van der Waals surface area (Å²) in [5.41, 5.74) is 1.35. The van der Waals surface area contributed by atoms with Crippen molar-refractivity contribution in [2.75, 3.05) is 16.8 Å². The van der Waals surface area contributed by atoms with Gasteiger partial charge in [-0.15, -0.1) is 0 Å². The molecule has 5 nitrogen and oxygen atoms in total. The number of carbonyl (C=O) groups is 2. The standard InChI is InChI=1S/C24H27BrClN3O2S/c1-2-3-4-5-6-15-28-21(16-22(30)27-19-11-7-17(25)8-12-19)23(31)29(24(28)32)20-13-9-18(26)10-14-20/h7-14,21H,2-6,15-16H2,1H3,(H,27,30). The monoisotopic (exact) mass is 535 g/mol. The van der Waals surface area contributed by atoms with Crippen LogP contribution in [0.1, 0.15) is 45.4 Å². The number of amides is 2. The Morgan fingerprint density at radius 2 is 1.72 bits per heavy atom. The fourth-order valence-electron chi connectivity index (χ4n) is 3.72. The first-order valence-electron chi connectivity index (χ1n) is 10.9. The first-order valence-corrected chi connectivity index (χ1v) is 12.4. The summed E-state index contributed by atoms with van der Waals surface area (Å²) in [4.78, 5) is 29.6. The first kappa shape index (κ1) is 24.7. The summed E-state index contributed by atoms with van der Waals surface area (Å²) < 4.78 is 0.930. The minimum Gasteiger partial charge on any atom is -0.336 e. The molecule has 0 aromatic heterocycles. The molecule has 0 spiro atoms. The summed E-state index contributed by atoms with van der Waals surface area (Å²) in [6, 6.07) is 13.7. The summed E-state index contributed by atoms with van der Waals surface area (Å²) in [6.07, 6.45) is 5.55. The van der Waals surface area contributed by atoms with E-state index in [9.17, 15) is 9.59 Å². The second-order valence-electron chi connectivity index (χ2n) is 7.82. The third-order valence-corrected chi connectivity index (χ3v) is 6.61. The van der Waals surface area contributed by atoms with Crippen LogP contribution in [0.2, 0.25) is 5.02 Å². The lowest BCUT2D eigenvalue weighted by molar-refractivity contribution is -0.124. The van der Waals surface area contributed by atoms with Crippen LogP contribution in [-0.2, 0) is 9.59 Å². The van der Waals surface area contributed by atoms with Crippen LogP contribution in [0.25, 0.3) is 0 Å². The Morgan fingerprint density at radius 3 is 2.38 bits per heavy atom. The highest BCUT2D eigenvalue weighted by atomic mass is 79.9. The number of anilines is 2. The average Bonchev–Trinajstić information content (AvgIpc) is 3.00. The predicted molar refractivity (Wildman–Crippen MR) is 138 cm³/mol. The van der Waals surface area contributed by atoms with Crippen molar-refractivity contribution < 1.29 is 9.59 Å². The maximum atomic E-state index is 13.4. The van der Waals surface area contributed by atoms with Gasteiger partial charge in [0.05, 0.1) is 12.1 Å². The minimum absolute atomic E-state index is 0.0358. The zero-order valence-electron chi connectivity index (χ0n) is 18.0. The third-order valence-electron chi connectivity index (χ3n) is 5.41. The molecule has 0 aliphatic carbocycles. The fraction of sp³-hybridized carbons (Fsp3) is 0.375. The molecule has 0 radical (unpaired) electrons. The summed E-state index contributed by atoms with van der Waals surface area (Å²) in [5.74, 6) is -0.403. The average molecular weight is 537 g/mol. The molecule has 1 heterocycles. The Labute approximate surface area is 208 Å². The van der Waals surface area contributed by atoms with E-state index >= 15 is 0 Å². The van der Waals surface area contributed by atoms with E-state index in [1.54, 1.807) is 24.3 Å². The molecule has 2 aromatic carbocycles. The Kier molecular flexibility index (Phi) is 9.08. The summed E-state index contributed by atoms with van der Waals surface area (Å²) in [5, 5.41) is 3.91. The lowest BCUT2D eigenvalue weighted by atomic mass is 10.1. The maximum Gasteiger partial charge on any atom is 0.256 e. The number of thiocarbonyl (C=S) groups is 1. The molecule has 1 unspecified atom stereocenters. The van der Waals surface area contributed by atoms with Crippen LogP contribution < -0.4 is 10.2 Å². The highest BCUT2D eigenvalue weighted by Crippen LogP contribution is 2.29. The van der Waals surface area contributed by atoms with E-state index in [-0.39, 0.29) is 18.2 Å². The molecule has 2 aromatic rings. The molecular weight excluding hydrogens is 510 g/mol. The van der Waals surface area contributed by atoms with E-state index in [2.05, 4.69) is 28.2 Å². The Morgan fingerprint density at radius 1 is 1.06 bits per heavy atom. The Balaban J connectivity index is 1.74. The molecule has 0 saturated carbocycles. The molecule has 3 rings (SSSR count). The van der Waals surface area contributed by atoms with Crippen LogP contribution in [0.4, 0.5) is 11.4 Å². The molecule has 1 fully saturated rings. The summed E-state index contributed by atoms with van der Waals surface area (Å²) in [7, 11) is 0. The third kappa shape index (κ3) is 6.30.